The molecule has 74 valence electrons. The number of nitrogen functional groups attached to an aromatic ring is 1. The molecule has 0 bridgehead atoms. The fourth-order valence-electron chi connectivity index (χ4n) is 0.837. The van der Waals surface area contributed by atoms with E-state index in [9.17, 15) is 0 Å². The van der Waals surface area contributed by atoms with Crippen LogP contribution in [-0.2, 0) is 0 Å². The second kappa shape index (κ2) is 2.98. The first-order chi connectivity index (χ1) is 6.68. The Morgan fingerprint density at radius 2 is 2.00 bits per heavy atom. The highest BCUT2D eigenvalue weighted by atomic mass is 16.6. The number of anilines is 2. The van der Waals surface area contributed by atoms with Gasteiger partial charge in [0.05, 0.1) is 0 Å². The van der Waals surface area contributed by atoms with Gasteiger partial charge in [0.1, 0.15) is 0 Å². The maximum atomic E-state index is 5.45. The molecule has 0 aliphatic carbocycles. The van der Waals surface area contributed by atoms with Crippen LogP contribution in [0.25, 0.3) is 11.6 Å². The molecule has 0 aromatic carbocycles. The zero-order valence-corrected chi connectivity index (χ0v) is 7.63. The van der Waals surface area contributed by atoms with Crippen LogP contribution in [0.15, 0.2) is 9.15 Å². The lowest BCUT2D eigenvalue weighted by Gasteiger charge is -2.01. The molecule has 2 rings (SSSR count). The summed E-state index contributed by atoms with van der Waals surface area (Å²) < 4.78 is 9.31. The van der Waals surface area contributed by atoms with Gasteiger partial charge < -0.3 is 15.2 Å². The number of rotatable bonds is 2. The number of nitrogens with zero attached hydrogens (tertiary/aromatic N) is 5. The van der Waals surface area contributed by atoms with E-state index in [0.29, 0.717) is 5.95 Å². The molecule has 0 aliphatic heterocycles. The SMILES string of the molecule is CN(C)c1noc(-c2nonc2N)n1. The second-order valence-corrected chi connectivity index (χ2v) is 2.79. The molecule has 0 fully saturated rings. The molecule has 0 spiro atoms. The van der Waals surface area contributed by atoms with Gasteiger partial charge in [-0.1, -0.05) is 0 Å². The van der Waals surface area contributed by atoms with E-state index in [1.807, 2.05) is 0 Å². The van der Waals surface area contributed by atoms with Gasteiger partial charge in [0.25, 0.3) is 11.8 Å². The van der Waals surface area contributed by atoms with E-state index < -0.39 is 0 Å². The van der Waals surface area contributed by atoms with Crippen LogP contribution in [0.2, 0.25) is 0 Å². The number of hydrogen-bond donors (Lipinski definition) is 1. The summed E-state index contributed by atoms with van der Waals surface area (Å²) in [6.45, 7) is 0. The van der Waals surface area contributed by atoms with Crippen LogP contribution in [0, 0.1) is 0 Å². The first-order valence-electron chi connectivity index (χ1n) is 3.78. The summed E-state index contributed by atoms with van der Waals surface area (Å²) in [6.07, 6.45) is 0. The van der Waals surface area contributed by atoms with Crippen molar-refractivity contribution in [1.29, 1.82) is 0 Å². The van der Waals surface area contributed by atoms with Crippen LogP contribution < -0.4 is 10.6 Å². The van der Waals surface area contributed by atoms with E-state index in [2.05, 4.69) is 25.1 Å². The summed E-state index contributed by atoms with van der Waals surface area (Å²) >= 11 is 0. The molecule has 14 heavy (non-hydrogen) atoms. The molecule has 8 nitrogen and oxygen atoms in total. The van der Waals surface area contributed by atoms with Crippen molar-refractivity contribution in [2.24, 2.45) is 0 Å². The van der Waals surface area contributed by atoms with Crippen molar-refractivity contribution < 1.29 is 9.15 Å². The molecule has 2 aromatic rings. The van der Waals surface area contributed by atoms with Crippen LogP contribution in [0.5, 0.6) is 0 Å². The third-order valence-corrected chi connectivity index (χ3v) is 1.53. The Labute approximate surface area is 78.6 Å². The molecule has 0 atom stereocenters. The zero-order chi connectivity index (χ0) is 10.1. The molecule has 0 unspecified atom stereocenters. The molecular formula is C6H8N6O2. The summed E-state index contributed by atoms with van der Waals surface area (Å²) in [5, 5.41) is 10.6. The fourth-order valence-corrected chi connectivity index (χ4v) is 0.837. The van der Waals surface area contributed by atoms with E-state index in [1.165, 1.54) is 0 Å². The average Bonchev–Trinajstić information content (AvgIpc) is 2.71. The quantitative estimate of drug-likeness (QED) is 0.701. The summed E-state index contributed by atoms with van der Waals surface area (Å²) in [5.74, 6) is 0.744. The molecule has 8 heteroatoms. The lowest BCUT2D eigenvalue weighted by atomic mass is 10.4. The zero-order valence-electron chi connectivity index (χ0n) is 7.63. The lowest BCUT2D eigenvalue weighted by Crippen LogP contribution is -2.10. The van der Waals surface area contributed by atoms with Crippen molar-refractivity contribution in [3.8, 4) is 11.6 Å². The number of nitrogens with two attached hydrogens (primary N) is 1. The maximum absolute atomic E-state index is 5.45. The van der Waals surface area contributed by atoms with E-state index in [4.69, 9.17) is 10.3 Å². The van der Waals surface area contributed by atoms with Gasteiger partial charge in [-0.2, -0.15) is 4.98 Å². The third kappa shape index (κ3) is 1.26. The first-order valence-corrected chi connectivity index (χ1v) is 3.78. The predicted molar refractivity (Wildman–Crippen MR) is 46.3 cm³/mol. The Kier molecular flexibility index (Phi) is 1.80. The molecule has 0 aliphatic rings. The standard InChI is InChI=1S/C6H8N6O2/c1-12(2)6-8-5(13-11-6)3-4(7)10-14-9-3/h1-2H3,(H2,7,10). The van der Waals surface area contributed by atoms with Crippen LogP contribution in [-0.4, -0.2) is 34.5 Å². The molecule has 2 aromatic heterocycles. The van der Waals surface area contributed by atoms with Gasteiger partial charge in [0, 0.05) is 14.1 Å². The van der Waals surface area contributed by atoms with Crippen LogP contribution in [0.3, 0.4) is 0 Å². The fraction of sp³-hybridized carbons (Fsp3) is 0.333. The average molecular weight is 196 g/mol. The lowest BCUT2D eigenvalue weighted by molar-refractivity contribution is 0.308. The largest absolute Gasteiger partial charge is 0.379 e. The number of aromatic nitrogens is 4. The van der Waals surface area contributed by atoms with E-state index in [1.54, 1.807) is 19.0 Å². The predicted octanol–water partition coefficient (Wildman–Crippen LogP) is -0.232. The van der Waals surface area contributed by atoms with E-state index in [-0.39, 0.29) is 17.4 Å². The van der Waals surface area contributed by atoms with Gasteiger partial charge in [-0.25, -0.2) is 4.63 Å². The van der Waals surface area contributed by atoms with Gasteiger partial charge in [-0.05, 0) is 15.5 Å². The van der Waals surface area contributed by atoms with Crippen LogP contribution in [0.4, 0.5) is 11.8 Å². The Bertz CT molecular complexity index is 433. The molecule has 2 N–H and O–H groups in total. The van der Waals surface area contributed by atoms with E-state index >= 15 is 0 Å². The van der Waals surface area contributed by atoms with Gasteiger partial charge in [-0.3, -0.25) is 0 Å². The van der Waals surface area contributed by atoms with E-state index in [0.717, 1.165) is 0 Å². The minimum atomic E-state index is 0.124. The highest BCUT2D eigenvalue weighted by molar-refractivity contribution is 5.61. The molecule has 2 heterocycles. The van der Waals surface area contributed by atoms with Gasteiger partial charge >= 0.3 is 0 Å². The summed E-state index contributed by atoms with van der Waals surface area (Å²) in [7, 11) is 3.58. The normalized spacial score (nSPS) is 10.4. The minimum absolute atomic E-state index is 0.124. The molecule has 0 amide bonds. The van der Waals surface area contributed by atoms with Crippen molar-refractivity contribution in [3.63, 3.8) is 0 Å². The topological polar surface area (TPSA) is 107 Å². The third-order valence-electron chi connectivity index (χ3n) is 1.53. The summed E-state index contributed by atoms with van der Waals surface area (Å²) in [6, 6.07) is 0. The van der Waals surface area contributed by atoms with Crippen molar-refractivity contribution >= 4 is 11.8 Å². The van der Waals surface area contributed by atoms with Crippen LogP contribution in [0.1, 0.15) is 0 Å². The van der Waals surface area contributed by atoms with Crippen LogP contribution >= 0.6 is 0 Å². The Hall–Kier alpha value is -2.12. The monoisotopic (exact) mass is 196 g/mol. The Balaban J connectivity index is 2.39. The summed E-state index contributed by atoms with van der Waals surface area (Å²) in [4.78, 5) is 5.71. The van der Waals surface area contributed by atoms with Crippen molar-refractivity contribution in [2.45, 2.75) is 0 Å². The van der Waals surface area contributed by atoms with Gasteiger partial charge in [-0.15, -0.1) is 0 Å². The smallest absolute Gasteiger partial charge is 0.285 e. The summed E-state index contributed by atoms with van der Waals surface area (Å²) in [5.41, 5.74) is 5.70. The van der Waals surface area contributed by atoms with Crippen molar-refractivity contribution in [1.82, 2.24) is 20.5 Å². The van der Waals surface area contributed by atoms with Gasteiger partial charge in [0.2, 0.25) is 11.5 Å². The first kappa shape index (κ1) is 8.48. The highest BCUT2D eigenvalue weighted by Crippen LogP contribution is 2.21. The Morgan fingerprint density at radius 1 is 1.21 bits per heavy atom. The highest BCUT2D eigenvalue weighted by Gasteiger charge is 2.17. The minimum Gasteiger partial charge on any atom is -0.379 e. The molecular weight excluding hydrogens is 188 g/mol. The second-order valence-electron chi connectivity index (χ2n) is 2.79. The maximum Gasteiger partial charge on any atom is 0.285 e. The van der Waals surface area contributed by atoms with Crippen molar-refractivity contribution in [2.75, 3.05) is 24.7 Å². The Morgan fingerprint density at radius 3 is 2.50 bits per heavy atom. The molecule has 0 saturated carbocycles. The van der Waals surface area contributed by atoms with Gasteiger partial charge in [0.15, 0.2) is 0 Å². The molecule has 0 radical (unpaired) electrons. The van der Waals surface area contributed by atoms with Crippen molar-refractivity contribution in [3.05, 3.63) is 0 Å². The number of hydrogen-bond acceptors (Lipinski definition) is 8. The molecule has 0 saturated heterocycles.